The van der Waals surface area contributed by atoms with E-state index in [0.717, 1.165) is 11.1 Å². The van der Waals surface area contributed by atoms with Gasteiger partial charge in [0.25, 0.3) is 9.05 Å². The van der Waals surface area contributed by atoms with Gasteiger partial charge in [0.1, 0.15) is 0 Å². The van der Waals surface area contributed by atoms with Crippen molar-refractivity contribution in [3.05, 3.63) is 54.1 Å². The predicted molar refractivity (Wildman–Crippen MR) is 79.0 cm³/mol. The van der Waals surface area contributed by atoms with Crippen LogP contribution in [-0.2, 0) is 9.05 Å². The van der Waals surface area contributed by atoms with E-state index in [4.69, 9.17) is 10.7 Å². The van der Waals surface area contributed by atoms with E-state index in [1.54, 1.807) is 12.1 Å². The molecule has 0 aliphatic heterocycles. The van der Waals surface area contributed by atoms with Crippen molar-refractivity contribution in [1.29, 1.82) is 0 Å². The quantitative estimate of drug-likeness (QED) is 0.786. The molecule has 0 N–H and O–H groups in total. The summed E-state index contributed by atoms with van der Waals surface area (Å²) in [5, 5.41) is 0. The van der Waals surface area contributed by atoms with Crippen molar-refractivity contribution in [3.8, 4) is 11.1 Å². The van der Waals surface area contributed by atoms with Crippen molar-refractivity contribution in [2.24, 2.45) is 0 Å². The van der Waals surface area contributed by atoms with Gasteiger partial charge in [-0.3, -0.25) is 0 Å². The number of hydrogen-bond donors (Lipinski definition) is 0. The summed E-state index contributed by atoms with van der Waals surface area (Å²) in [5.74, 6) is 0.476. The molecule has 2 aromatic rings. The zero-order valence-electron chi connectivity index (χ0n) is 10.8. The van der Waals surface area contributed by atoms with Gasteiger partial charge in [-0.05, 0) is 34.7 Å². The third-order valence-electron chi connectivity index (χ3n) is 3.03. The Hall–Kier alpha value is -1.32. The summed E-state index contributed by atoms with van der Waals surface area (Å²) in [6, 6.07) is 14.8. The monoisotopic (exact) mass is 294 g/mol. The molecule has 0 fully saturated rings. The van der Waals surface area contributed by atoms with Crippen LogP contribution in [-0.4, -0.2) is 8.42 Å². The summed E-state index contributed by atoms with van der Waals surface area (Å²) >= 11 is 0. The maximum atomic E-state index is 11.3. The smallest absolute Gasteiger partial charge is 0.207 e. The lowest BCUT2D eigenvalue weighted by molar-refractivity contribution is 0.609. The number of rotatable bonds is 3. The standard InChI is InChI=1S/C15H15ClO2S/c1-11(2)12-6-8-13(9-7-12)14-4-3-5-15(10-14)19(16,17)18/h3-11H,1-2H3. The normalized spacial score (nSPS) is 11.8. The summed E-state index contributed by atoms with van der Waals surface area (Å²) in [6.07, 6.45) is 0. The van der Waals surface area contributed by atoms with Crippen LogP contribution in [0, 0.1) is 0 Å². The topological polar surface area (TPSA) is 34.1 Å². The Labute approximate surface area is 118 Å². The van der Waals surface area contributed by atoms with Crippen molar-refractivity contribution in [1.82, 2.24) is 0 Å². The molecule has 0 saturated heterocycles. The van der Waals surface area contributed by atoms with E-state index in [1.165, 1.54) is 11.6 Å². The SMILES string of the molecule is CC(C)c1ccc(-c2cccc(S(=O)(=O)Cl)c2)cc1. The molecule has 0 heterocycles. The Morgan fingerprint density at radius 1 is 0.947 bits per heavy atom. The molecule has 0 aliphatic carbocycles. The summed E-state index contributed by atoms with van der Waals surface area (Å²) in [4.78, 5) is 0.125. The highest BCUT2D eigenvalue weighted by atomic mass is 35.7. The van der Waals surface area contributed by atoms with Gasteiger partial charge in [0.05, 0.1) is 4.90 Å². The van der Waals surface area contributed by atoms with Gasteiger partial charge in [0, 0.05) is 10.7 Å². The van der Waals surface area contributed by atoms with Crippen LogP contribution < -0.4 is 0 Å². The maximum absolute atomic E-state index is 11.3. The van der Waals surface area contributed by atoms with Gasteiger partial charge in [0.15, 0.2) is 0 Å². The minimum Gasteiger partial charge on any atom is -0.207 e. The van der Waals surface area contributed by atoms with Crippen molar-refractivity contribution in [3.63, 3.8) is 0 Å². The summed E-state index contributed by atoms with van der Waals surface area (Å²) < 4.78 is 22.7. The van der Waals surface area contributed by atoms with E-state index in [1.807, 2.05) is 18.2 Å². The molecular formula is C15H15ClO2S. The van der Waals surface area contributed by atoms with Gasteiger partial charge >= 0.3 is 0 Å². The molecule has 0 unspecified atom stereocenters. The van der Waals surface area contributed by atoms with E-state index < -0.39 is 9.05 Å². The molecule has 2 nitrogen and oxygen atoms in total. The highest BCUT2D eigenvalue weighted by Crippen LogP contribution is 2.25. The van der Waals surface area contributed by atoms with Gasteiger partial charge in [0.2, 0.25) is 0 Å². The summed E-state index contributed by atoms with van der Waals surface area (Å²) in [5.41, 5.74) is 3.08. The predicted octanol–water partition coefficient (Wildman–Crippen LogP) is 4.40. The Kier molecular flexibility index (Phi) is 3.97. The summed E-state index contributed by atoms with van der Waals surface area (Å²) in [7, 11) is 1.67. The van der Waals surface area contributed by atoms with Crippen LogP contribution in [0.5, 0.6) is 0 Å². The lowest BCUT2D eigenvalue weighted by atomic mass is 9.99. The molecule has 0 aromatic heterocycles. The third-order valence-corrected chi connectivity index (χ3v) is 4.38. The number of hydrogen-bond acceptors (Lipinski definition) is 2. The fourth-order valence-corrected chi connectivity index (χ4v) is 2.68. The van der Waals surface area contributed by atoms with Gasteiger partial charge in [-0.15, -0.1) is 0 Å². The molecule has 0 radical (unpaired) electrons. The Balaban J connectivity index is 2.42. The minimum absolute atomic E-state index is 0.125. The van der Waals surface area contributed by atoms with Gasteiger partial charge in [-0.1, -0.05) is 50.2 Å². The molecule has 0 saturated carbocycles. The van der Waals surface area contributed by atoms with Crippen LogP contribution >= 0.6 is 10.7 Å². The lowest BCUT2D eigenvalue weighted by Crippen LogP contribution is -1.91. The average molecular weight is 295 g/mol. The zero-order valence-corrected chi connectivity index (χ0v) is 12.4. The zero-order chi connectivity index (χ0) is 14.0. The van der Waals surface area contributed by atoms with E-state index in [9.17, 15) is 8.42 Å². The molecule has 4 heteroatoms. The molecule has 0 amide bonds. The van der Waals surface area contributed by atoms with Crippen LogP contribution in [0.1, 0.15) is 25.3 Å². The third kappa shape index (κ3) is 3.37. The molecule has 19 heavy (non-hydrogen) atoms. The molecule has 0 bridgehead atoms. The first-order chi connectivity index (χ1) is 8.88. The largest absolute Gasteiger partial charge is 0.261 e. The Bertz CT molecular complexity index is 674. The second kappa shape index (κ2) is 5.35. The number of benzene rings is 2. The van der Waals surface area contributed by atoms with Crippen LogP contribution in [0.2, 0.25) is 0 Å². The highest BCUT2D eigenvalue weighted by Gasteiger charge is 2.10. The van der Waals surface area contributed by atoms with Gasteiger partial charge < -0.3 is 0 Å². The number of halogens is 1. The first kappa shape index (κ1) is 14.1. The lowest BCUT2D eigenvalue weighted by Gasteiger charge is -2.07. The van der Waals surface area contributed by atoms with Crippen LogP contribution in [0.4, 0.5) is 0 Å². The van der Waals surface area contributed by atoms with E-state index in [-0.39, 0.29) is 4.90 Å². The molecule has 0 aliphatic rings. The first-order valence-corrected chi connectivity index (χ1v) is 8.34. The van der Waals surface area contributed by atoms with Crippen LogP contribution in [0.3, 0.4) is 0 Å². The van der Waals surface area contributed by atoms with E-state index >= 15 is 0 Å². The fraction of sp³-hybridized carbons (Fsp3) is 0.200. The van der Waals surface area contributed by atoms with Crippen molar-refractivity contribution < 1.29 is 8.42 Å². The highest BCUT2D eigenvalue weighted by molar-refractivity contribution is 8.13. The molecule has 0 atom stereocenters. The van der Waals surface area contributed by atoms with Crippen LogP contribution in [0.15, 0.2) is 53.4 Å². The Morgan fingerprint density at radius 3 is 2.11 bits per heavy atom. The second-order valence-corrected chi connectivity index (χ2v) is 7.31. The maximum Gasteiger partial charge on any atom is 0.261 e. The van der Waals surface area contributed by atoms with Crippen molar-refractivity contribution in [2.45, 2.75) is 24.7 Å². The van der Waals surface area contributed by atoms with Gasteiger partial charge in [-0.25, -0.2) is 8.42 Å². The average Bonchev–Trinajstić information content (AvgIpc) is 2.38. The van der Waals surface area contributed by atoms with Crippen molar-refractivity contribution >= 4 is 19.7 Å². The molecular weight excluding hydrogens is 280 g/mol. The molecule has 100 valence electrons. The second-order valence-electron chi connectivity index (χ2n) is 4.74. The Morgan fingerprint density at radius 2 is 1.58 bits per heavy atom. The van der Waals surface area contributed by atoms with Crippen LogP contribution in [0.25, 0.3) is 11.1 Å². The van der Waals surface area contributed by atoms with Gasteiger partial charge in [-0.2, -0.15) is 0 Å². The van der Waals surface area contributed by atoms with Crippen molar-refractivity contribution in [2.75, 3.05) is 0 Å². The molecule has 2 aromatic carbocycles. The fourth-order valence-electron chi connectivity index (χ4n) is 1.89. The molecule has 2 rings (SSSR count). The first-order valence-electron chi connectivity index (χ1n) is 6.03. The van der Waals surface area contributed by atoms with E-state index in [0.29, 0.717) is 5.92 Å². The summed E-state index contributed by atoms with van der Waals surface area (Å²) in [6.45, 7) is 4.27. The molecule has 0 spiro atoms. The van der Waals surface area contributed by atoms with E-state index in [2.05, 4.69) is 26.0 Å². The minimum atomic E-state index is -3.68.